The first kappa shape index (κ1) is 22.9. The summed E-state index contributed by atoms with van der Waals surface area (Å²) in [5.74, 6) is 1.08. The van der Waals surface area contributed by atoms with E-state index < -0.39 is 5.91 Å². The van der Waals surface area contributed by atoms with E-state index in [0.717, 1.165) is 32.5 Å². The van der Waals surface area contributed by atoms with Crippen molar-refractivity contribution in [1.82, 2.24) is 25.2 Å². The summed E-state index contributed by atoms with van der Waals surface area (Å²) >= 11 is 0. The van der Waals surface area contributed by atoms with Crippen LogP contribution in [0.2, 0.25) is 0 Å². The molecule has 0 saturated heterocycles. The van der Waals surface area contributed by atoms with Crippen LogP contribution in [0.3, 0.4) is 0 Å². The number of carbonyl (C=O) groups is 1. The lowest BCUT2D eigenvalue weighted by Gasteiger charge is -2.17. The van der Waals surface area contributed by atoms with Gasteiger partial charge < -0.3 is 10.1 Å². The van der Waals surface area contributed by atoms with Crippen LogP contribution in [0.1, 0.15) is 13.8 Å². The second-order valence-electron chi connectivity index (χ2n) is 8.44. The maximum absolute atomic E-state index is 12.2. The third-order valence-electron chi connectivity index (χ3n) is 5.59. The molecule has 1 amide bonds. The van der Waals surface area contributed by atoms with E-state index in [1.165, 1.54) is 0 Å². The topological polar surface area (TPSA) is 125 Å². The molecule has 5 rings (SSSR count). The molecule has 0 aliphatic rings. The number of anilines is 2. The molecule has 0 spiro atoms. The number of hydrogen-bond donors (Lipinski definition) is 2. The Bertz CT molecular complexity index is 1560. The van der Waals surface area contributed by atoms with Gasteiger partial charge in [0, 0.05) is 22.0 Å². The van der Waals surface area contributed by atoms with Crippen LogP contribution >= 0.6 is 0 Å². The second-order valence-corrected chi connectivity index (χ2v) is 8.44. The summed E-state index contributed by atoms with van der Waals surface area (Å²) < 4.78 is 5.64. The van der Waals surface area contributed by atoms with Crippen molar-refractivity contribution < 1.29 is 9.53 Å². The van der Waals surface area contributed by atoms with Gasteiger partial charge in [0.1, 0.15) is 11.6 Å². The highest BCUT2D eigenvalue weighted by molar-refractivity contribution is 5.93. The van der Waals surface area contributed by atoms with Crippen LogP contribution in [-0.2, 0) is 4.79 Å². The lowest BCUT2D eigenvalue weighted by atomic mass is 10.1. The molecule has 180 valence electrons. The Hall–Kier alpha value is -4.86. The zero-order valence-electron chi connectivity index (χ0n) is 19.7. The molecule has 10 nitrogen and oxygen atoms in total. The number of carbonyl (C=O) groups excluding carboxylic acids is 1. The van der Waals surface area contributed by atoms with Crippen molar-refractivity contribution in [3.8, 4) is 17.1 Å². The average molecular weight is 482 g/mol. The fourth-order valence-corrected chi connectivity index (χ4v) is 3.82. The Morgan fingerprint density at radius 3 is 2.78 bits per heavy atom. The number of ether oxygens (including phenoxy) is 1. The molecule has 36 heavy (non-hydrogen) atoms. The molecule has 2 N–H and O–H groups in total. The van der Waals surface area contributed by atoms with Gasteiger partial charge in [-0.05, 0) is 56.3 Å². The van der Waals surface area contributed by atoms with Gasteiger partial charge in [0.25, 0.3) is 5.91 Å². The molecule has 0 unspecified atom stereocenters. The number of H-pyrrole nitrogens is 1. The molecule has 0 aliphatic heterocycles. The van der Waals surface area contributed by atoms with Crippen molar-refractivity contribution >= 4 is 39.2 Å². The zero-order chi connectivity index (χ0) is 25.1. The fourth-order valence-electron chi connectivity index (χ4n) is 3.82. The van der Waals surface area contributed by atoms with Gasteiger partial charge >= 0.3 is 0 Å². The summed E-state index contributed by atoms with van der Waals surface area (Å²) in [6, 6.07) is 20.5. The number of fused-ring (bicyclic) bond motifs is 2. The Balaban J connectivity index is 1.45. The molecule has 0 aliphatic carbocycles. The number of rotatable bonds is 8. The molecule has 10 heteroatoms. The summed E-state index contributed by atoms with van der Waals surface area (Å²) in [6.07, 6.45) is 1.77. The maximum atomic E-state index is 12.2. The van der Waals surface area contributed by atoms with Gasteiger partial charge in [-0.2, -0.15) is 10.1 Å². The first-order chi connectivity index (χ1) is 17.5. The minimum absolute atomic E-state index is 0.310. The van der Waals surface area contributed by atoms with E-state index >= 15 is 0 Å². The molecular weight excluding hydrogens is 458 g/mol. The van der Waals surface area contributed by atoms with E-state index in [0.29, 0.717) is 23.0 Å². The molecule has 0 atom stereocenters. The standard InChI is InChI=1S/C26H23N7O3/c1-16(2)33(32-35)24(34)15-36-20-7-5-6-17(13-20)25-29-23-9-4-3-8-21(23)26(30-25)28-19-10-11-22-18(12-19)14-27-31-22/h3-14,16H,15H2,1-2H3,(H,27,31)(H,28,29,30). The van der Waals surface area contributed by atoms with Crippen LogP contribution < -0.4 is 10.1 Å². The highest BCUT2D eigenvalue weighted by Gasteiger charge is 2.18. The van der Waals surface area contributed by atoms with Gasteiger partial charge in [0.2, 0.25) is 0 Å². The van der Waals surface area contributed by atoms with E-state index in [4.69, 9.17) is 14.7 Å². The number of nitrogens with zero attached hydrogens (tertiary/aromatic N) is 5. The summed E-state index contributed by atoms with van der Waals surface area (Å²) in [4.78, 5) is 32.7. The van der Waals surface area contributed by atoms with Gasteiger partial charge in [-0.1, -0.05) is 24.3 Å². The first-order valence-corrected chi connectivity index (χ1v) is 11.4. The van der Waals surface area contributed by atoms with Crippen LogP contribution in [0.4, 0.5) is 11.5 Å². The SMILES string of the molecule is CC(C)N(N=O)C(=O)COc1cccc(-c2nc(Nc3ccc4[nH]ncc4c3)c3ccccc3n2)c1. The summed E-state index contributed by atoms with van der Waals surface area (Å²) in [7, 11) is 0. The van der Waals surface area contributed by atoms with E-state index in [9.17, 15) is 9.70 Å². The molecule has 0 fully saturated rings. The molecule has 0 radical (unpaired) electrons. The lowest BCUT2D eigenvalue weighted by Crippen LogP contribution is -2.35. The summed E-state index contributed by atoms with van der Waals surface area (Å²) in [6.45, 7) is 3.10. The predicted octanol–water partition coefficient (Wildman–Crippen LogP) is 5.21. The summed E-state index contributed by atoms with van der Waals surface area (Å²) in [5.41, 5.74) is 3.31. The lowest BCUT2D eigenvalue weighted by molar-refractivity contribution is -0.135. The minimum atomic E-state index is -0.520. The van der Waals surface area contributed by atoms with Crippen molar-refractivity contribution in [2.75, 3.05) is 11.9 Å². The molecule has 3 aromatic carbocycles. The minimum Gasteiger partial charge on any atom is -0.484 e. The van der Waals surface area contributed by atoms with E-state index in [1.54, 1.807) is 38.2 Å². The van der Waals surface area contributed by atoms with Gasteiger partial charge in [-0.25, -0.2) is 9.97 Å². The third kappa shape index (κ3) is 4.69. The predicted molar refractivity (Wildman–Crippen MR) is 138 cm³/mol. The van der Waals surface area contributed by atoms with E-state index in [-0.39, 0.29) is 12.6 Å². The average Bonchev–Trinajstić information content (AvgIpc) is 3.36. The van der Waals surface area contributed by atoms with Crippen LogP contribution in [0.25, 0.3) is 33.2 Å². The number of nitrogens with one attached hydrogen (secondary N) is 2. The van der Waals surface area contributed by atoms with Crippen LogP contribution in [-0.4, -0.2) is 43.7 Å². The molecule has 5 aromatic rings. The van der Waals surface area contributed by atoms with E-state index in [1.807, 2.05) is 48.5 Å². The summed E-state index contributed by atoms with van der Waals surface area (Å²) in [5, 5.41) is 15.9. The van der Waals surface area contributed by atoms with Crippen LogP contribution in [0.5, 0.6) is 5.75 Å². The third-order valence-corrected chi connectivity index (χ3v) is 5.59. The van der Waals surface area contributed by atoms with Gasteiger partial charge in [-0.15, -0.1) is 4.91 Å². The Kier molecular flexibility index (Phi) is 6.23. The van der Waals surface area contributed by atoms with Gasteiger partial charge in [0.15, 0.2) is 12.4 Å². The van der Waals surface area contributed by atoms with Crippen molar-refractivity contribution in [2.24, 2.45) is 5.29 Å². The molecule has 0 bridgehead atoms. The number of hydrogen-bond acceptors (Lipinski definition) is 8. The molecule has 0 saturated carbocycles. The number of para-hydroxylation sites is 1. The second kappa shape index (κ2) is 9.79. The monoisotopic (exact) mass is 481 g/mol. The number of benzene rings is 3. The smallest absolute Gasteiger partial charge is 0.283 e. The quantitative estimate of drug-likeness (QED) is 0.230. The number of aromatic nitrogens is 4. The number of aromatic amines is 1. The molecule has 2 heterocycles. The van der Waals surface area contributed by atoms with Crippen molar-refractivity contribution in [3.05, 3.63) is 77.8 Å². The van der Waals surface area contributed by atoms with Gasteiger partial charge in [0.05, 0.1) is 28.6 Å². The Morgan fingerprint density at radius 1 is 1.08 bits per heavy atom. The zero-order valence-corrected chi connectivity index (χ0v) is 19.7. The van der Waals surface area contributed by atoms with Crippen molar-refractivity contribution in [2.45, 2.75) is 19.9 Å². The highest BCUT2D eigenvalue weighted by atomic mass is 16.5. The van der Waals surface area contributed by atoms with Crippen LogP contribution in [0.15, 0.2) is 78.2 Å². The highest BCUT2D eigenvalue weighted by Crippen LogP contribution is 2.29. The maximum Gasteiger partial charge on any atom is 0.283 e. The number of nitroso groups, excluding NO2 is 1. The normalized spacial score (nSPS) is 11.1. The van der Waals surface area contributed by atoms with Crippen LogP contribution in [0, 0.1) is 4.91 Å². The fraction of sp³-hybridized carbons (Fsp3) is 0.154. The number of amides is 1. The van der Waals surface area contributed by atoms with Crippen molar-refractivity contribution in [1.29, 1.82) is 0 Å². The Labute approximate surface area is 206 Å². The molecular formula is C26H23N7O3. The van der Waals surface area contributed by atoms with E-state index in [2.05, 4.69) is 20.8 Å². The Morgan fingerprint density at radius 2 is 1.94 bits per heavy atom. The van der Waals surface area contributed by atoms with Gasteiger partial charge in [-0.3, -0.25) is 9.89 Å². The van der Waals surface area contributed by atoms with Crippen molar-refractivity contribution in [3.63, 3.8) is 0 Å². The largest absolute Gasteiger partial charge is 0.484 e. The first-order valence-electron chi connectivity index (χ1n) is 11.4. The molecule has 2 aromatic heterocycles.